The number of amides is 1. The van der Waals surface area contributed by atoms with Gasteiger partial charge < -0.3 is 19.5 Å². The van der Waals surface area contributed by atoms with E-state index in [9.17, 15) is 14.7 Å². The average Bonchev–Trinajstić information content (AvgIpc) is 3.01. The Morgan fingerprint density at radius 1 is 1.10 bits per heavy atom. The Morgan fingerprint density at radius 3 is 2.39 bits per heavy atom. The van der Waals surface area contributed by atoms with Crippen molar-refractivity contribution in [1.29, 1.82) is 0 Å². The van der Waals surface area contributed by atoms with E-state index in [0.29, 0.717) is 29.2 Å². The molecule has 0 bridgehead atoms. The number of rotatable bonds is 8. The van der Waals surface area contributed by atoms with Crippen molar-refractivity contribution in [3.8, 4) is 11.5 Å². The van der Waals surface area contributed by atoms with Gasteiger partial charge in [0.25, 0.3) is 11.7 Å². The molecule has 1 aliphatic heterocycles. The number of hydrogen-bond donors (Lipinski definition) is 1. The van der Waals surface area contributed by atoms with Crippen LogP contribution in [-0.2, 0) is 9.59 Å². The fourth-order valence-electron chi connectivity index (χ4n) is 3.77. The van der Waals surface area contributed by atoms with E-state index in [1.165, 1.54) is 4.90 Å². The molecular weight excluding hydrogens is 394 g/mol. The molecule has 0 aliphatic carbocycles. The molecule has 1 N–H and O–H groups in total. The monoisotopic (exact) mass is 423 g/mol. The molecule has 0 spiro atoms. The van der Waals surface area contributed by atoms with Gasteiger partial charge in [0, 0.05) is 17.7 Å². The first-order valence-electron chi connectivity index (χ1n) is 10.6. The molecular formula is C25H29NO5. The van der Waals surface area contributed by atoms with Crippen molar-refractivity contribution in [2.75, 3.05) is 13.7 Å². The van der Waals surface area contributed by atoms with E-state index in [1.54, 1.807) is 37.4 Å². The molecule has 6 heteroatoms. The fourth-order valence-corrected chi connectivity index (χ4v) is 3.77. The minimum atomic E-state index is -0.714. The van der Waals surface area contributed by atoms with Gasteiger partial charge >= 0.3 is 0 Å². The lowest BCUT2D eigenvalue weighted by Gasteiger charge is -2.26. The second-order valence-electron chi connectivity index (χ2n) is 7.78. The van der Waals surface area contributed by atoms with Crippen LogP contribution in [0.25, 0.3) is 5.76 Å². The highest BCUT2D eigenvalue weighted by molar-refractivity contribution is 6.46. The van der Waals surface area contributed by atoms with Crippen molar-refractivity contribution in [1.82, 2.24) is 4.90 Å². The molecule has 0 radical (unpaired) electrons. The van der Waals surface area contributed by atoms with E-state index in [1.807, 2.05) is 39.0 Å². The van der Waals surface area contributed by atoms with Gasteiger partial charge in [-0.05, 0) is 50.6 Å². The standard InChI is InChI=1S/C25H29NO5/c1-5-6-15-26-22(19-9-7-8-10-20(19)30-4)21(24(28)25(26)29)23(27)17-11-13-18(14-12-17)31-16(2)3/h7-14,16,22,27H,5-6,15H2,1-4H3/b23-21-. The first-order valence-corrected chi connectivity index (χ1v) is 10.6. The van der Waals surface area contributed by atoms with Crippen LogP contribution in [-0.4, -0.2) is 41.5 Å². The minimum Gasteiger partial charge on any atom is -0.507 e. The highest BCUT2D eigenvalue weighted by Gasteiger charge is 2.46. The summed E-state index contributed by atoms with van der Waals surface area (Å²) in [6, 6.07) is 13.4. The largest absolute Gasteiger partial charge is 0.507 e. The van der Waals surface area contributed by atoms with Gasteiger partial charge in [0.15, 0.2) is 0 Å². The highest BCUT2D eigenvalue weighted by atomic mass is 16.5. The highest BCUT2D eigenvalue weighted by Crippen LogP contribution is 2.42. The molecule has 1 atom stereocenters. The van der Waals surface area contributed by atoms with Gasteiger partial charge in [-0.25, -0.2) is 0 Å². The Labute approximate surface area is 183 Å². The third kappa shape index (κ3) is 4.58. The van der Waals surface area contributed by atoms with Gasteiger partial charge in [-0.3, -0.25) is 9.59 Å². The smallest absolute Gasteiger partial charge is 0.295 e. The number of carbonyl (C=O) groups is 2. The third-order valence-electron chi connectivity index (χ3n) is 5.23. The Hall–Kier alpha value is -3.28. The van der Waals surface area contributed by atoms with Crippen LogP contribution in [0.15, 0.2) is 54.1 Å². The van der Waals surface area contributed by atoms with E-state index >= 15 is 0 Å². The first kappa shape index (κ1) is 22.4. The van der Waals surface area contributed by atoms with Crippen molar-refractivity contribution in [2.45, 2.75) is 45.8 Å². The summed E-state index contributed by atoms with van der Waals surface area (Å²) >= 11 is 0. The van der Waals surface area contributed by atoms with E-state index in [0.717, 1.165) is 12.8 Å². The van der Waals surface area contributed by atoms with Crippen molar-refractivity contribution >= 4 is 17.4 Å². The van der Waals surface area contributed by atoms with Crippen molar-refractivity contribution in [3.63, 3.8) is 0 Å². The molecule has 1 unspecified atom stereocenters. The zero-order valence-electron chi connectivity index (χ0n) is 18.4. The fraction of sp³-hybridized carbons (Fsp3) is 0.360. The summed E-state index contributed by atoms with van der Waals surface area (Å²) in [4.78, 5) is 27.4. The van der Waals surface area contributed by atoms with E-state index < -0.39 is 17.7 Å². The molecule has 6 nitrogen and oxygen atoms in total. The van der Waals surface area contributed by atoms with Gasteiger partial charge in [-0.2, -0.15) is 0 Å². The number of hydrogen-bond acceptors (Lipinski definition) is 5. The predicted molar refractivity (Wildman–Crippen MR) is 119 cm³/mol. The number of carbonyl (C=O) groups excluding carboxylic acids is 2. The summed E-state index contributed by atoms with van der Waals surface area (Å²) in [5, 5.41) is 11.1. The van der Waals surface area contributed by atoms with Crippen molar-refractivity contribution in [2.24, 2.45) is 0 Å². The lowest BCUT2D eigenvalue weighted by Crippen LogP contribution is -2.30. The second kappa shape index (κ2) is 9.69. The van der Waals surface area contributed by atoms with Gasteiger partial charge in [-0.15, -0.1) is 0 Å². The van der Waals surface area contributed by atoms with Crippen molar-refractivity contribution in [3.05, 3.63) is 65.2 Å². The van der Waals surface area contributed by atoms with E-state index in [4.69, 9.17) is 9.47 Å². The topological polar surface area (TPSA) is 76.1 Å². The Balaban J connectivity index is 2.12. The summed E-state index contributed by atoms with van der Waals surface area (Å²) in [5.41, 5.74) is 1.19. The number of likely N-dealkylation sites (tertiary alicyclic amines) is 1. The molecule has 164 valence electrons. The third-order valence-corrected chi connectivity index (χ3v) is 5.23. The van der Waals surface area contributed by atoms with Gasteiger partial charge in [0.05, 0.1) is 24.8 Å². The lowest BCUT2D eigenvalue weighted by molar-refractivity contribution is -0.139. The number of para-hydroxylation sites is 1. The quantitative estimate of drug-likeness (QED) is 0.378. The van der Waals surface area contributed by atoms with Crippen LogP contribution in [0, 0.1) is 0 Å². The van der Waals surface area contributed by atoms with Gasteiger partial charge in [-0.1, -0.05) is 31.5 Å². The maximum absolute atomic E-state index is 13.0. The summed E-state index contributed by atoms with van der Waals surface area (Å²) in [5.74, 6) is -0.277. The number of Topliss-reactive ketones (excluding diaryl/α,β-unsaturated/α-hetero) is 1. The zero-order valence-corrected chi connectivity index (χ0v) is 18.4. The van der Waals surface area contributed by atoms with Crippen LogP contribution in [0.4, 0.5) is 0 Å². The number of unbranched alkanes of at least 4 members (excludes halogenated alkanes) is 1. The summed E-state index contributed by atoms with van der Waals surface area (Å²) in [6.45, 7) is 6.30. The number of aliphatic hydroxyl groups excluding tert-OH is 1. The van der Waals surface area contributed by atoms with Gasteiger partial charge in [0.2, 0.25) is 0 Å². The molecule has 2 aromatic rings. The Morgan fingerprint density at radius 2 is 1.77 bits per heavy atom. The molecule has 1 saturated heterocycles. The molecule has 1 fully saturated rings. The number of nitrogens with zero attached hydrogens (tertiary/aromatic N) is 1. The van der Waals surface area contributed by atoms with Crippen LogP contribution in [0.1, 0.15) is 50.8 Å². The van der Waals surface area contributed by atoms with Crippen LogP contribution in [0.2, 0.25) is 0 Å². The number of ketones is 1. The SMILES string of the molecule is CCCCN1C(=O)C(=O)/C(=C(\O)c2ccc(OC(C)C)cc2)C1c1ccccc1OC. The van der Waals surface area contributed by atoms with Crippen LogP contribution >= 0.6 is 0 Å². The number of methoxy groups -OCH3 is 1. The first-order chi connectivity index (χ1) is 14.9. The normalized spacial score (nSPS) is 18.0. The van der Waals surface area contributed by atoms with E-state index in [-0.39, 0.29) is 17.4 Å². The summed E-state index contributed by atoms with van der Waals surface area (Å²) in [7, 11) is 1.55. The van der Waals surface area contributed by atoms with Crippen LogP contribution in [0.3, 0.4) is 0 Å². The zero-order chi connectivity index (χ0) is 22.5. The maximum Gasteiger partial charge on any atom is 0.295 e. The number of aliphatic hydroxyl groups is 1. The molecule has 1 heterocycles. The molecule has 31 heavy (non-hydrogen) atoms. The Bertz CT molecular complexity index is 978. The average molecular weight is 424 g/mol. The van der Waals surface area contributed by atoms with E-state index in [2.05, 4.69) is 0 Å². The van der Waals surface area contributed by atoms with Crippen LogP contribution < -0.4 is 9.47 Å². The molecule has 3 rings (SSSR count). The molecule has 1 amide bonds. The molecule has 1 aliphatic rings. The second-order valence-corrected chi connectivity index (χ2v) is 7.78. The minimum absolute atomic E-state index is 0.0221. The lowest BCUT2D eigenvalue weighted by atomic mass is 9.94. The molecule has 2 aromatic carbocycles. The predicted octanol–water partition coefficient (Wildman–Crippen LogP) is 4.70. The summed E-state index contributed by atoms with van der Waals surface area (Å²) < 4.78 is 11.1. The van der Waals surface area contributed by atoms with Crippen molar-refractivity contribution < 1.29 is 24.2 Å². The summed E-state index contributed by atoms with van der Waals surface area (Å²) in [6.07, 6.45) is 1.65. The van der Waals surface area contributed by atoms with Gasteiger partial charge in [0.1, 0.15) is 17.3 Å². The number of benzene rings is 2. The molecule has 0 saturated carbocycles. The van der Waals surface area contributed by atoms with Crippen LogP contribution in [0.5, 0.6) is 11.5 Å². The maximum atomic E-state index is 13.0. The molecule has 0 aromatic heterocycles. The Kier molecular flexibility index (Phi) is 7.00. The number of ether oxygens (including phenoxy) is 2.